The minimum Gasteiger partial charge on any atom is -0.393 e. The minimum absolute atomic E-state index is 0.175. The predicted molar refractivity (Wildman–Crippen MR) is 74.5 cm³/mol. The molecule has 3 nitrogen and oxygen atoms in total. The van der Waals surface area contributed by atoms with Crippen molar-refractivity contribution in [1.29, 1.82) is 0 Å². The van der Waals surface area contributed by atoms with Crippen molar-refractivity contribution in [1.82, 2.24) is 0 Å². The third kappa shape index (κ3) is 5.19. The van der Waals surface area contributed by atoms with Gasteiger partial charge in [0.15, 0.2) is 0 Å². The average molecular weight is 270 g/mol. The number of aliphatic hydroxyl groups excluding tert-OH is 1. The summed E-state index contributed by atoms with van der Waals surface area (Å²) in [6, 6.07) is 7.95. The lowest BCUT2D eigenvalue weighted by Crippen LogP contribution is -2.15. The Balaban J connectivity index is 2.39. The zero-order chi connectivity index (χ0) is 13.6. The number of hydrogen-bond donors (Lipinski definition) is 1. The van der Waals surface area contributed by atoms with E-state index in [1.807, 2.05) is 31.2 Å². The molecule has 0 amide bonds. The average Bonchev–Trinajstić information content (AvgIpc) is 2.32. The summed E-state index contributed by atoms with van der Waals surface area (Å²) >= 11 is 0. The van der Waals surface area contributed by atoms with E-state index in [0.29, 0.717) is 19.3 Å². The van der Waals surface area contributed by atoms with Crippen LogP contribution >= 0.6 is 0 Å². The van der Waals surface area contributed by atoms with Crippen molar-refractivity contribution in [2.75, 3.05) is 11.5 Å². The summed E-state index contributed by atoms with van der Waals surface area (Å²) in [5.74, 6) is 0.356. The van der Waals surface area contributed by atoms with Crippen LogP contribution in [0.4, 0.5) is 0 Å². The molecule has 0 saturated carbocycles. The topological polar surface area (TPSA) is 54.4 Å². The Morgan fingerprint density at radius 3 is 2.56 bits per heavy atom. The SMILES string of the molecule is CCS(=O)(=O)CCCC(O)Cc1ccccc1C. The number of benzene rings is 1. The fourth-order valence-corrected chi connectivity index (χ4v) is 2.77. The summed E-state index contributed by atoms with van der Waals surface area (Å²) in [7, 11) is -2.91. The lowest BCUT2D eigenvalue weighted by Gasteiger charge is -2.12. The van der Waals surface area contributed by atoms with Gasteiger partial charge >= 0.3 is 0 Å². The van der Waals surface area contributed by atoms with Gasteiger partial charge < -0.3 is 5.11 Å². The molecule has 18 heavy (non-hydrogen) atoms. The summed E-state index contributed by atoms with van der Waals surface area (Å²) in [5.41, 5.74) is 2.29. The van der Waals surface area contributed by atoms with E-state index in [2.05, 4.69) is 0 Å². The maximum Gasteiger partial charge on any atom is 0.150 e. The fourth-order valence-electron chi connectivity index (χ4n) is 1.88. The van der Waals surface area contributed by atoms with Gasteiger partial charge in [-0.15, -0.1) is 0 Å². The zero-order valence-corrected chi connectivity index (χ0v) is 11.9. The smallest absolute Gasteiger partial charge is 0.150 e. The molecular weight excluding hydrogens is 248 g/mol. The molecule has 1 unspecified atom stereocenters. The Morgan fingerprint density at radius 2 is 1.94 bits per heavy atom. The quantitative estimate of drug-likeness (QED) is 0.825. The Labute approximate surface area is 110 Å². The third-order valence-electron chi connectivity index (χ3n) is 3.15. The summed E-state index contributed by atoms with van der Waals surface area (Å²) in [6.07, 6.45) is 1.20. The van der Waals surface area contributed by atoms with Crippen LogP contribution in [-0.4, -0.2) is 31.1 Å². The Morgan fingerprint density at radius 1 is 1.28 bits per heavy atom. The van der Waals surface area contributed by atoms with E-state index in [1.165, 1.54) is 0 Å². The number of hydrogen-bond acceptors (Lipinski definition) is 3. The molecule has 0 fully saturated rings. The molecule has 0 aliphatic carbocycles. The summed E-state index contributed by atoms with van der Waals surface area (Å²) in [5, 5.41) is 9.90. The van der Waals surface area contributed by atoms with Crippen molar-refractivity contribution >= 4 is 9.84 Å². The third-order valence-corrected chi connectivity index (χ3v) is 4.94. The largest absolute Gasteiger partial charge is 0.393 e. The molecule has 1 atom stereocenters. The standard InChI is InChI=1S/C14H22O3S/c1-3-18(16,17)10-6-9-14(15)11-13-8-5-4-7-12(13)2/h4-5,7-8,14-15H,3,6,9-11H2,1-2H3. The van der Waals surface area contributed by atoms with Gasteiger partial charge in [-0.05, 0) is 37.3 Å². The second kappa shape index (κ2) is 6.90. The molecule has 0 spiro atoms. The van der Waals surface area contributed by atoms with Crippen LogP contribution < -0.4 is 0 Å². The van der Waals surface area contributed by atoms with Crippen LogP contribution in [0, 0.1) is 6.92 Å². The van der Waals surface area contributed by atoms with Gasteiger partial charge in [0.25, 0.3) is 0 Å². The first kappa shape index (κ1) is 15.2. The van der Waals surface area contributed by atoms with Crippen molar-refractivity contribution in [3.8, 4) is 0 Å². The number of aliphatic hydroxyl groups is 1. The molecule has 102 valence electrons. The van der Waals surface area contributed by atoms with Crippen molar-refractivity contribution in [3.63, 3.8) is 0 Å². The van der Waals surface area contributed by atoms with Gasteiger partial charge in [0.05, 0.1) is 11.9 Å². The first-order valence-corrected chi connectivity index (χ1v) is 8.19. The lowest BCUT2D eigenvalue weighted by atomic mass is 10.0. The summed E-state index contributed by atoms with van der Waals surface area (Å²) < 4.78 is 22.6. The van der Waals surface area contributed by atoms with Gasteiger partial charge in [-0.1, -0.05) is 31.2 Å². The molecule has 0 aromatic heterocycles. The van der Waals surface area contributed by atoms with Gasteiger partial charge in [-0.2, -0.15) is 0 Å². The van der Waals surface area contributed by atoms with Gasteiger partial charge in [0.1, 0.15) is 9.84 Å². The second-order valence-electron chi connectivity index (χ2n) is 4.66. The van der Waals surface area contributed by atoms with Crippen LogP contribution in [0.1, 0.15) is 30.9 Å². The highest BCUT2D eigenvalue weighted by Crippen LogP contribution is 2.12. The van der Waals surface area contributed by atoms with Gasteiger partial charge in [-0.3, -0.25) is 0 Å². The minimum atomic E-state index is -2.91. The molecule has 4 heteroatoms. The van der Waals surface area contributed by atoms with Crippen molar-refractivity contribution in [2.24, 2.45) is 0 Å². The van der Waals surface area contributed by atoms with E-state index in [1.54, 1.807) is 6.92 Å². The van der Waals surface area contributed by atoms with Gasteiger partial charge in [0.2, 0.25) is 0 Å². The summed E-state index contributed by atoms with van der Waals surface area (Å²) in [6.45, 7) is 3.67. The van der Waals surface area contributed by atoms with E-state index in [4.69, 9.17) is 0 Å². The maximum absolute atomic E-state index is 11.3. The first-order chi connectivity index (χ1) is 8.44. The van der Waals surface area contributed by atoms with Gasteiger partial charge in [0, 0.05) is 5.75 Å². The molecule has 0 aliphatic rings. The van der Waals surface area contributed by atoms with Crippen molar-refractivity contribution in [2.45, 2.75) is 39.2 Å². The maximum atomic E-state index is 11.3. The molecule has 0 radical (unpaired) electrons. The Kier molecular flexibility index (Phi) is 5.82. The fraction of sp³-hybridized carbons (Fsp3) is 0.571. The van der Waals surface area contributed by atoms with E-state index in [-0.39, 0.29) is 11.5 Å². The Bertz CT molecular complexity index is 466. The molecule has 0 heterocycles. The van der Waals surface area contributed by atoms with Crippen LogP contribution in [0.2, 0.25) is 0 Å². The van der Waals surface area contributed by atoms with Crippen LogP contribution in [0.3, 0.4) is 0 Å². The van der Waals surface area contributed by atoms with E-state index < -0.39 is 15.9 Å². The normalized spacial score (nSPS) is 13.5. The predicted octanol–water partition coefficient (Wildman–Crippen LogP) is 2.11. The molecular formula is C14H22O3S. The molecule has 0 bridgehead atoms. The molecule has 1 N–H and O–H groups in total. The van der Waals surface area contributed by atoms with E-state index in [0.717, 1.165) is 11.1 Å². The zero-order valence-electron chi connectivity index (χ0n) is 11.1. The molecule has 1 aromatic rings. The number of aryl methyl sites for hydroxylation is 1. The van der Waals surface area contributed by atoms with Crippen molar-refractivity contribution in [3.05, 3.63) is 35.4 Å². The van der Waals surface area contributed by atoms with Crippen LogP contribution in [0.15, 0.2) is 24.3 Å². The lowest BCUT2D eigenvalue weighted by molar-refractivity contribution is 0.164. The highest BCUT2D eigenvalue weighted by molar-refractivity contribution is 7.91. The Hall–Kier alpha value is -0.870. The van der Waals surface area contributed by atoms with Crippen molar-refractivity contribution < 1.29 is 13.5 Å². The van der Waals surface area contributed by atoms with Crippen LogP contribution in [-0.2, 0) is 16.3 Å². The van der Waals surface area contributed by atoms with Gasteiger partial charge in [-0.25, -0.2) is 8.42 Å². The van der Waals surface area contributed by atoms with Crippen LogP contribution in [0.5, 0.6) is 0 Å². The molecule has 1 rings (SSSR count). The molecule has 0 saturated heterocycles. The van der Waals surface area contributed by atoms with E-state index >= 15 is 0 Å². The second-order valence-corrected chi connectivity index (χ2v) is 7.14. The molecule has 0 aliphatic heterocycles. The number of rotatable bonds is 7. The molecule has 1 aromatic carbocycles. The summed E-state index contributed by atoms with van der Waals surface area (Å²) in [4.78, 5) is 0. The van der Waals surface area contributed by atoms with E-state index in [9.17, 15) is 13.5 Å². The highest BCUT2D eigenvalue weighted by atomic mass is 32.2. The highest BCUT2D eigenvalue weighted by Gasteiger charge is 2.11. The monoisotopic (exact) mass is 270 g/mol. The number of sulfone groups is 1. The van der Waals surface area contributed by atoms with Crippen LogP contribution in [0.25, 0.3) is 0 Å². The first-order valence-electron chi connectivity index (χ1n) is 6.37.